The van der Waals surface area contributed by atoms with Gasteiger partial charge in [0.2, 0.25) is 0 Å². The van der Waals surface area contributed by atoms with Gasteiger partial charge in [0.25, 0.3) is 5.91 Å². The molecule has 0 spiro atoms. The molecule has 18 heavy (non-hydrogen) atoms. The molecule has 0 unspecified atom stereocenters. The number of alkyl halides is 1. The Balaban J connectivity index is 2.21. The summed E-state index contributed by atoms with van der Waals surface area (Å²) in [6, 6.07) is 10.1. The summed E-state index contributed by atoms with van der Waals surface area (Å²) in [4.78, 5) is 15.0. The van der Waals surface area contributed by atoms with E-state index in [1.807, 2.05) is 42.2 Å². The lowest BCUT2D eigenvalue weighted by molar-refractivity contribution is 0.0770. The maximum Gasteiger partial charge on any atom is 0.263 e. The molecule has 2 nitrogen and oxygen atoms in total. The molecule has 0 radical (unpaired) electrons. The first kappa shape index (κ1) is 13.4. The van der Waals surface area contributed by atoms with E-state index in [2.05, 4.69) is 0 Å². The van der Waals surface area contributed by atoms with Gasteiger partial charge in [0, 0.05) is 23.7 Å². The van der Waals surface area contributed by atoms with E-state index in [0.717, 1.165) is 34.5 Å². The molecule has 0 aliphatic carbocycles. The molecule has 1 heterocycles. The van der Waals surface area contributed by atoms with E-state index in [4.69, 9.17) is 11.6 Å². The fourth-order valence-electron chi connectivity index (χ4n) is 1.90. The van der Waals surface area contributed by atoms with Crippen molar-refractivity contribution >= 4 is 38.9 Å². The number of carbonyl (C=O) groups excluding carboxylic acids is 1. The Hall–Kier alpha value is -1.06. The average Bonchev–Trinajstić information content (AvgIpc) is 2.83. The first-order chi connectivity index (χ1) is 8.76. The Kier molecular flexibility index (Phi) is 4.61. The van der Waals surface area contributed by atoms with Gasteiger partial charge in [-0.15, -0.1) is 22.9 Å². The van der Waals surface area contributed by atoms with Gasteiger partial charge in [0.05, 0.1) is 4.88 Å². The highest BCUT2D eigenvalue weighted by Crippen LogP contribution is 2.26. The topological polar surface area (TPSA) is 20.3 Å². The molecule has 96 valence electrons. The van der Waals surface area contributed by atoms with Crippen molar-refractivity contribution in [3.63, 3.8) is 0 Å². The van der Waals surface area contributed by atoms with E-state index in [0.29, 0.717) is 5.88 Å². The van der Waals surface area contributed by atoms with Crippen molar-refractivity contribution < 1.29 is 4.79 Å². The summed E-state index contributed by atoms with van der Waals surface area (Å²) in [6.07, 6.45) is 0.839. The van der Waals surface area contributed by atoms with Crippen molar-refractivity contribution in [1.82, 2.24) is 4.90 Å². The lowest BCUT2D eigenvalue weighted by Crippen LogP contribution is -2.31. The predicted octanol–water partition coefficient (Wildman–Crippen LogP) is 3.99. The van der Waals surface area contributed by atoms with Gasteiger partial charge in [-0.2, -0.15) is 0 Å². The lowest BCUT2D eigenvalue weighted by Gasteiger charge is -2.19. The summed E-state index contributed by atoms with van der Waals surface area (Å²) in [5.41, 5.74) is 0. The second-order valence-corrected chi connectivity index (χ2v) is 5.54. The maximum atomic E-state index is 12.3. The Morgan fingerprint density at radius 1 is 1.39 bits per heavy atom. The summed E-state index contributed by atoms with van der Waals surface area (Å²) < 4.78 is 1.16. The Morgan fingerprint density at radius 2 is 2.17 bits per heavy atom. The normalized spacial score (nSPS) is 10.8. The smallest absolute Gasteiger partial charge is 0.263 e. The molecule has 0 N–H and O–H groups in total. The molecule has 0 aliphatic rings. The summed E-state index contributed by atoms with van der Waals surface area (Å²) >= 11 is 7.24. The van der Waals surface area contributed by atoms with Gasteiger partial charge in [-0.1, -0.05) is 18.2 Å². The van der Waals surface area contributed by atoms with Crippen molar-refractivity contribution in [1.29, 1.82) is 0 Å². The molecular weight excluding hydrogens is 266 g/mol. The minimum absolute atomic E-state index is 0.115. The molecule has 0 aliphatic heterocycles. The molecule has 4 heteroatoms. The van der Waals surface area contributed by atoms with Crippen molar-refractivity contribution in [2.24, 2.45) is 0 Å². The molecule has 0 fully saturated rings. The van der Waals surface area contributed by atoms with Crippen molar-refractivity contribution in [2.75, 3.05) is 19.0 Å². The van der Waals surface area contributed by atoms with Crippen LogP contribution >= 0.6 is 22.9 Å². The van der Waals surface area contributed by atoms with E-state index in [-0.39, 0.29) is 5.91 Å². The van der Waals surface area contributed by atoms with Crippen molar-refractivity contribution in [2.45, 2.75) is 13.3 Å². The number of halogens is 1. The predicted molar refractivity (Wildman–Crippen MR) is 78.7 cm³/mol. The van der Waals surface area contributed by atoms with E-state index in [1.54, 1.807) is 11.3 Å². The fraction of sp³-hybridized carbons (Fsp3) is 0.357. The van der Waals surface area contributed by atoms with Gasteiger partial charge in [-0.25, -0.2) is 0 Å². The van der Waals surface area contributed by atoms with E-state index in [9.17, 15) is 4.79 Å². The third-order valence-corrected chi connectivity index (χ3v) is 4.24. The molecule has 0 saturated heterocycles. The van der Waals surface area contributed by atoms with Crippen LogP contribution in [0.1, 0.15) is 23.0 Å². The Bertz CT molecular complexity index is 504. The summed E-state index contributed by atoms with van der Waals surface area (Å²) in [7, 11) is 0. The van der Waals surface area contributed by atoms with Crippen LogP contribution in [0.4, 0.5) is 0 Å². The molecular formula is C14H16ClNOS. The number of fused-ring (bicyclic) bond motifs is 1. The number of hydrogen-bond donors (Lipinski definition) is 0. The molecule has 0 atom stereocenters. The highest BCUT2D eigenvalue weighted by molar-refractivity contribution is 7.20. The lowest BCUT2D eigenvalue weighted by atomic mass is 10.2. The van der Waals surface area contributed by atoms with E-state index < -0.39 is 0 Å². The van der Waals surface area contributed by atoms with Crippen LogP contribution in [-0.4, -0.2) is 29.8 Å². The number of benzene rings is 1. The Labute approximate surface area is 116 Å². The molecule has 0 saturated carbocycles. The zero-order valence-electron chi connectivity index (χ0n) is 10.4. The summed E-state index contributed by atoms with van der Waals surface area (Å²) in [5, 5.41) is 1.14. The minimum atomic E-state index is 0.115. The molecule has 1 amide bonds. The largest absolute Gasteiger partial charge is 0.338 e. The highest BCUT2D eigenvalue weighted by Gasteiger charge is 2.16. The average molecular weight is 282 g/mol. The van der Waals surface area contributed by atoms with Crippen LogP contribution in [0.5, 0.6) is 0 Å². The second-order valence-electron chi connectivity index (χ2n) is 4.08. The van der Waals surface area contributed by atoms with Crippen LogP contribution < -0.4 is 0 Å². The van der Waals surface area contributed by atoms with Crippen LogP contribution in [-0.2, 0) is 0 Å². The fourth-order valence-corrected chi connectivity index (χ4v) is 3.05. The standard InChI is InChI=1S/C14H16ClNOS/c1-2-16(9-5-8-15)14(17)13-10-11-6-3-4-7-12(11)18-13/h3-4,6-7,10H,2,5,8-9H2,1H3. The second kappa shape index (κ2) is 6.21. The monoisotopic (exact) mass is 281 g/mol. The van der Waals surface area contributed by atoms with Crippen LogP contribution in [0.25, 0.3) is 10.1 Å². The van der Waals surface area contributed by atoms with Gasteiger partial charge in [0.15, 0.2) is 0 Å². The van der Waals surface area contributed by atoms with Gasteiger partial charge >= 0.3 is 0 Å². The SMILES string of the molecule is CCN(CCCCl)C(=O)c1cc2ccccc2s1. The summed E-state index contributed by atoms with van der Waals surface area (Å²) in [5.74, 6) is 0.708. The molecule has 1 aromatic carbocycles. The first-order valence-electron chi connectivity index (χ1n) is 6.10. The molecule has 0 bridgehead atoms. The summed E-state index contributed by atoms with van der Waals surface area (Å²) in [6.45, 7) is 3.45. The molecule has 1 aromatic heterocycles. The van der Waals surface area contributed by atoms with Gasteiger partial charge in [0.1, 0.15) is 0 Å². The number of nitrogens with zero attached hydrogens (tertiary/aromatic N) is 1. The third-order valence-electron chi connectivity index (χ3n) is 2.87. The van der Waals surface area contributed by atoms with E-state index >= 15 is 0 Å². The maximum absolute atomic E-state index is 12.3. The highest BCUT2D eigenvalue weighted by atomic mass is 35.5. The minimum Gasteiger partial charge on any atom is -0.338 e. The van der Waals surface area contributed by atoms with Crippen LogP contribution in [0.3, 0.4) is 0 Å². The number of thiophene rings is 1. The van der Waals surface area contributed by atoms with Crippen molar-refractivity contribution in [3.8, 4) is 0 Å². The number of carbonyl (C=O) groups is 1. The van der Waals surface area contributed by atoms with Crippen LogP contribution in [0, 0.1) is 0 Å². The van der Waals surface area contributed by atoms with Crippen LogP contribution in [0.15, 0.2) is 30.3 Å². The number of rotatable bonds is 5. The molecule has 2 rings (SSSR count). The van der Waals surface area contributed by atoms with Crippen molar-refractivity contribution in [3.05, 3.63) is 35.2 Å². The number of hydrogen-bond acceptors (Lipinski definition) is 2. The Morgan fingerprint density at radius 3 is 2.83 bits per heavy atom. The van der Waals surface area contributed by atoms with Gasteiger partial charge < -0.3 is 4.90 Å². The third kappa shape index (κ3) is 2.85. The van der Waals surface area contributed by atoms with E-state index in [1.165, 1.54) is 0 Å². The van der Waals surface area contributed by atoms with Gasteiger partial charge in [-0.05, 0) is 30.9 Å². The zero-order valence-corrected chi connectivity index (χ0v) is 11.9. The van der Waals surface area contributed by atoms with Gasteiger partial charge in [-0.3, -0.25) is 4.79 Å². The number of amides is 1. The first-order valence-corrected chi connectivity index (χ1v) is 7.45. The van der Waals surface area contributed by atoms with Crippen LogP contribution in [0.2, 0.25) is 0 Å². The molecule has 2 aromatic rings. The zero-order chi connectivity index (χ0) is 13.0. The quantitative estimate of drug-likeness (QED) is 0.759.